The molecule has 2 aliphatic carbocycles. The minimum atomic E-state index is -0.220. The Labute approximate surface area is 197 Å². The molecule has 166 valence electrons. The lowest BCUT2D eigenvalue weighted by atomic mass is 9.80. The Bertz CT molecular complexity index is 1160. The van der Waals surface area contributed by atoms with Crippen LogP contribution >= 0.6 is 0 Å². The Morgan fingerprint density at radius 1 is 0.727 bits per heavy atom. The van der Waals surface area contributed by atoms with Gasteiger partial charge < -0.3 is 4.74 Å². The van der Waals surface area contributed by atoms with Crippen LogP contribution in [0.15, 0.2) is 72.8 Å². The van der Waals surface area contributed by atoms with E-state index in [4.69, 9.17) is 4.74 Å². The molecular formula is C31H30O2. The maximum Gasteiger partial charge on any atom is 0.338 e. The van der Waals surface area contributed by atoms with Gasteiger partial charge in [0.15, 0.2) is 0 Å². The SMILES string of the molecule is O=C(OC1CCCCC1)c1ccc(C#Cc2ccc(C3CCc4ccccc4C3)cc2)cc1. The average Bonchev–Trinajstić information content (AvgIpc) is 2.88. The molecule has 2 aliphatic rings. The van der Waals surface area contributed by atoms with Crippen LogP contribution in [0.5, 0.6) is 0 Å². The van der Waals surface area contributed by atoms with Crippen molar-refractivity contribution < 1.29 is 9.53 Å². The molecule has 2 nitrogen and oxygen atoms in total. The van der Waals surface area contributed by atoms with Gasteiger partial charge in [0, 0.05) is 11.1 Å². The number of aryl methyl sites for hydroxylation is 1. The van der Waals surface area contributed by atoms with Crippen LogP contribution < -0.4 is 0 Å². The van der Waals surface area contributed by atoms with E-state index in [0.29, 0.717) is 11.5 Å². The number of benzene rings is 3. The van der Waals surface area contributed by atoms with Crippen molar-refractivity contribution in [2.45, 2.75) is 63.4 Å². The fourth-order valence-corrected chi connectivity index (χ4v) is 5.06. The van der Waals surface area contributed by atoms with Crippen LogP contribution in [0.3, 0.4) is 0 Å². The second kappa shape index (κ2) is 10.1. The third kappa shape index (κ3) is 5.37. The van der Waals surface area contributed by atoms with Crippen LogP contribution in [0.2, 0.25) is 0 Å². The highest BCUT2D eigenvalue weighted by atomic mass is 16.5. The molecule has 0 radical (unpaired) electrons. The summed E-state index contributed by atoms with van der Waals surface area (Å²) in [5, 5.41) is 0. The van der Waals surface area contributed by atoms with Gasteiger partial charge in [-0.15, -0.1) is 0 Å². The summed E-state index contributed by atoms with van der Waals surface area (Å²) < 4.78 is 5.65. The lowest BCUT2D eigenvalue weighted by Crippen LogP contribution is -2.20. The molecule has 1 unspecified atom stereocenters. The topological polar surface area (TPSA) is 26.3 Å². The van der Waals surface area contributed by atoms with Gasteiger partial charge in [-0.3, -0.25) is 0 Å². The molecule has 0 N–H and O–H groups in total. The summed E-state index contributed by atoms with van der Waals surface area (Å²) in [6, 6.07) is 25.0. The first kappa shape index (κ1) is 21.5. The number of rotatable bonds is 3. The molecule has 0 saturated heterocycles. The molecule has 0 aromatic heterocycles. The highest BCUT2D eigenvalue weighted by molar-refractivity contribution is 5.89. The molecule has 0 spiro atoms. The van der Waals surface area contributed by atoms with Gasteiger partial charge in [0.1, 0.15) is 6.10 Å². The van der Waals surface area contributed by atoms with Crippen molar-refractivity contribution in [3.63, 3.8) is 0 Å². The largest absolute Gasteiger partial charge is 0.459 e. The third-order valence-electron chi connectivity index (χ3n) is 7.03. The summed E-state index contributed by atoms with van der Waals surface area (Å²) in [6.45, 7) is 0. The van der Waals surface area contributed by atoms with Crippen molar-refractivity contribution in [2.75, 3.05) is 0 Å². The van der Waals surface area contributed by atoms with Crippen LogP contribution in [0.25, 0.3) is 0 Å². The Balaban J connectivity index is 1.19. The molecule has 2 heteroatoms. The average molecular weight is 435 g/mol. The smallest absolute Gasteiger partial charge is 0.338 e. The number of carbonyl (C=O) groups excluding carboxylic acids is 1. The van der Waals surface area contributed by atoms with Gasteiger partial charge in [0.25, 0.3) is 0 Å². The van der Waals surface area contributed by atoms with Crippen LogP contribution in [0.4, 0.5) is 0 Å². The van der Waals surface area contributed by atoms with Crippen molar-refractivity contribution in [3.8, 4) is 11.8 Å². The third-order valence-corrected chi connectivity index (χ3v) is 7.03. The Morgan fingerprint density at radius 3 is 2.06 bits per heavy atom. The monoisotopic (exact) mass is 434 g/mol. The Morgan fingerprint density at radius 2 is 1.36 bits per heavy atom. The highest BCUT2D eigenvalue weighted by Crippen LogP contribution is 2.32. The molecule has 1 saturated carbocycles. The summed E-state index contributed by atoms with van der Waals surface area (Å²) in [5.74, 6) is 6.84. The maximum absolute atomic E-state index is 12.4. The van der Waals surface area contributed by atoms with Crippen molar-refractivity contribution in [2.24, 2.45) is 0 Å². The van der Waals surface area contributed by atoms with E-state index in [2.05, 4.69) is 60.4 Å². The van der Waals surface area contributed by atoms with Gasteiger partial charge >= 0.3 is 5.97 Å². The number of esters is 1. The van der Waals surface area contributed by atoms with E-state index >= 15 is 0 Å². The number of hydrogen-bond donors (Lipinski definition) is 0. The van der Waals surface area contributed by atoms with E-state index in [9.17, 15) is 4.79 Å². The second-order valence-electron chi connectivity index (χ2n) is 9.32. The van der Waals surface area contributed by atoms with E-state index in [1.54, 1.807) is 0 Å². The molecule has 0 aliphatic heterocycles. The van der Waals surface area contributed by atoms with Gasteiger partial charge in [-0.1, -0.05) is 54.7 Å². The molecular weight excluding hydrogens is 404 g/mol. The lowest BCUT2D eigenvalue weighted by Gasteiger charge is -2.25. The van der Waals surface area contributed by atoms with Gasteiger partial charge in [0.2, 0.25) is 0 Å². The first-order valence-corrected chi connectivity index (χ1v) is 12.2. The predicted octanol–water partition coefficient (Wildman–Crippen LogP) is 6.85. The van der Waals surface area contributed by atoms with E-state index in [1.165, 1.54) is 29.5 Å². The van der Waals surface area contributed by atoms with Crippen molar-refractivity contribution >= 4 is 5.97 Å². The van der Waals surface area contributed by atoms with Gasteiger partial charge in [0.05, 0.1) is 5.56 Å². The molecule has 3 aromatic carbocycles. The number of ether oxygens (including phenoxy) is 1. The molecule has 5 rings (SSSR count). The van der Waals surface area contributed by atoms with Crippen LogP contribution in [0, 0.1) is 11.8 Å². The van der Waals surface area contributed by atoms with E-state index in [0.717, 1.165) is 49.7 Å². The molecule has 1 fully saturated rings. The normalized spacial score (nSPS) is 18.0. The number of carbonyl (C=O) groups is 1. The van der Waals surface area contributed by atoms with E-state index < -0.39 is 0 Å². The second-order valence-corrected chi connectivity index (χ2v) is 9.32. The zero-order chi connectivity index (χ0) is 22.5. The summed E-state index contributed by atoms with van der Waals surface area (Å²) in [4.78, 5) is 12.4. The molecule has 0 heterocycles. The van der Waals surface area contributed by atoms with Gasteiger partial charge in [-0.2, -0.15) is 0 Å². The summed E-state index contributed by atoms with van der Waals surface area (Å²) >= 11 is 0. The lowest BCUT2D eigenvalue weighted by molar-refractivity contribution is 0.0211. The fourth-order valence-electron chi connectivity index (χ4n) is 5.06. The predicted molar refractivity (Wildman–Crippen MR) is 132 cm³/mol. The van der Waals surface area contributed by atoms with Crippen molar-refractivity contribution in [1.29, 1.82) is 0 Å². The van der Waals surface area contributed by atoms with Crippen LogP contribution in [-0.2, 0) is 17.6 Å². The molecule has 0 amide bonds. The zero-order valence-corrected chi connectivity index (χ0v) is 19.1. The number of hydrogen-bond acceptors (Lipinski definition) is 2. The summed E-state index contributed by atoms with van der Waals surface area (Å²) in [7, 11) is 0. The number of fused-ring (bicyclic) bond motifs is 1. The van der Waals surface area contributed by atoms with Crippen molar-refractivity contribution in [1.82, 2.24) is 0 Å². The van der Waals surface area contributed by atoms with E-state index in [-0.39, 0.29) is 12.1 Å². The standard InChI is InChI=1S/C31H30O2/c32-31(33-30-8-2-1-3-9-30)27-18-14-24(15-19-27)11-10-23-12-16-26(17-13-23)29-21-20-25-6-4-5-7-28(25)22-29/h4-7,12-19,29-30H,1-3,8-9,20-22H2. The quantitative estimate of drug-likeness (QED) is 0.333. The fraction of sp³-hybridized carbons (Fsp3) is 0.323. The minimum absolute atomic E-state index is 0.0806. The molecule has 1 atom stereocenters. The molecule has 3 aromatic rings. The van der Waals surface area contributed by atoms with Gasteiger partial charge in [-0.25, -0.2) is 4.79 Å². The van der Waals surface area contributed by atoms with E-state index in [1.807, 2.05) is 24.3 Å². The summed E-state index contributed by atoms with van der Waals surface area (Å²) in [5.41, 5.74) is 6.90. The summed E-state index contributed by atoms with van der Waals surface area (Å²) in [6.07, 6.45) is 9.10. The Kier molecular flexibility index (Phi) is 6.58. The first-order valence-electron chi connectivity index (χ1n) is 12.2. The highest BCUT2D eigenvalue weighted by Gasteiger charge is 2.20. The molecule has 33 heavy (non-hydrogen) atoms. The minimum Gasteiger partial charge on any atom is -0.459 e. The van der Waals surface area contributed by atoms with Crippen LogP contribution in [-0.4, -0.2) is 12.1 Å². The van der Waals surface area contributed by atoms with Crippen LogP contribution in [0.1, 0.15) is 82.6 Å². The maximum atomic E-state index is 12.4. The zero-order valence-electron chi connectivity index (χ0n) is 19.1. The Hall–Kier alpha value is -3.31. The molecule has 0 bridgehead atoms. The van der Waals surface area contributed by atoms with Gasteiger partial charge in [-0.05, 0) is 104 Å². The van der Waals surface area contributed by atoms with Crippen molar-refractivity contribution in [3.05, 3.63) is 106 Å². The first-order chi connectivity index (χ1) is 16.2.